The molecule has 0 aliphatic carbocycles. The van der Waals surface area contributed by atoms with Crippen molar-refractivity contribution in [3.63, 3.8) is 0 Å². The summed E-state index contributed by atoms with van der Waals surface area (Å²) in [5.41, 5.74) is 7.02. The third-order valence-corrected chi connectivity index (χ3v) is 2.29. The first-order chi connectivity index (χ1) is 6.26. The topological polar surface area (TPSA) is 26.0 Å². The van der Waals surface area contributed by atoms with E-state index in [4.69, 9.17) is 5.73 Å². The Kier molecular flexibility index (Phi) is 4.12. The zero-order valence-corrected chi connectivity index (χ0v) is 8.72. The van der Waals surface area contributed by atoms with E-state index in [0.29, 0.717) is 18.3 Å². The molecule has 0 saturated carbocycles. The van der Waals surface area contributed by atoms with E-state index in [0.717, 1.165) is 10.0 Å². The molecule has 1 rings (SSSR count). The van der Waals surface area contributed by atoms with Crippen LogP contribution in [0.25, 0.3) is 0 Å². The quantitative estimate of drug-likeness (QED) is 0.869. The highest BCUT2D eigenvalue weighted by Gasteiger charge is 1.97. The van der Waals surface area contributed by atoms with Crippen molar-refractivity contribution in [3.8, 4) is 0 Å². The molecule has 0 aliphatic heterocycles. The van der Waals surface area contributed by atoms with Crippen molar-refractivity contribution in [2.75, 3.05) is 6.54 Å². The molecule has 13 heavy (non-hydrogen) atoms. The second kappa shape index (κ2) is 5.14. The van der Waals surface area contributed by atoms with Crippen LogP contribution in [0.5, 0.6) is 0 Å². The van der Waals surface area contributed by atoms with E-state index >= 15 is 0 Å². The molecule has 0 spiro atoms. The molecule has 70 valence electrons. The van der Waals surface area contributed by atoms with E-state index in [1.54, 1.807) is 0 Å². The average molecular weight is 244 g/mol. The lowest BCUT2D eigenvalue weighted by atomic mass is 10.1. The van der Waals surface area contributed by atoms with Crippen LogP contribution < -0.4 is 5.73 Å². The van der Waals surface area contributed by atoms with Crippen molar-refractivity contribution < 1.29 is 4.39 Å². The summed E-state index contributed by atoms with van der Waals surface area (Å²) in [5.74, 6) is 0. The van der Waals surface area contributed by atoms with Crippen LogP contribution in [0, 0.1) is 0 Å². The third kappa shape index (κ3) is 3.28. The lowest BCUT2D eigenvalue weighted by Gasteiger charge is -2.02. The Bertz CT molecular complexity index is 292. The van der Waals surface area contributed by atoms with Gasteiger partial charge in [-0.2, -0.15) is 0 Å². The monoisotopic (exact) mass is 243 g/mol. The van der Waals surface area contributed by atoms with Crippen LogP contribution >= 0.6 is 15.9 Å². The molecule has 1 nitrogen and oxygen atoms in total. The van der Waals surface area contributed by atoms with Gasteiger partial charge in [0.2, 0.25) is 0 Å². The van der Waals surface area contributed by atoms with Crippen LogP contribution in [-0.2, 0) is 6.42 Å². The van der Waals surface area contributed by atoms with Crippen LogP contribution in [0.3, 0.4) is 0 Å². The predicted octanol–water partition coefficient (Wildman–Crippen LogP) is 2.80. The number of benzene rings is 1. The van der Waals surface area contributed by atoms with Gasteiger partial charge in [-0.3, -0.25) is 0 Å². The summed E-state index contributed by atoms with van der Waals surface area (Å²) in [6.07, 6.45) is 1.17. The Labute approximate surface area is 85.6 Å². The normalized spacial score (nSPS) is 11.8. The molecule has 0 saturated heterocycles. The Hall–Kier alpha value is -0.670. The molecule has 1 aromatic rings. The predicted molar refractivity (Wildman–Crippen MR) is 56.1 cm³/mol. The smallest absolute Gasteiger partial charge is 0.0875 e. The number of halogens is 2. The van der Waals surface area contributed by atoms with Crippen LogP contribution in [0.2, 0.25) is 0 Å². The maximum absolute atomic E-state index is 12.2. The van der Waals surface area contributed by atoms with Gasteiger partial charge in [-0.1, -0.05) is 28.1 Å². The minimum atomic E-state index is 0.270. The summed E-state index contributed by atoms with van der Waals surface area (Å²) in [6.45, 7) is 0.270. The largest absolute Gasteiger partial charge is 0.327 e. The Morgan fingerprint density at radius 2 is 2.00 bits per heavy atom. The molecule has 1 aromatic carbocycles. The van der Waals surface area contributed by atoms with E-state index in [-0.39, 0.29) is 6.54 Å². The summed E-state index contributed by atoms with van der Waals surface area (Å²) in [5, 5.41) is 0. The van der Waals surface area contributed by atoms with Gasteiger partial charge in [0.25, 0.3) is 0 Å². The molecule has 0 bridgehead atoms. The SMILES string of the molecule is NC/C(=C/F)Cc1ccc(Br)cc1. The molecule has 3 heteroatoms. The zero-order valence-electron chi connectivity index (χ0n) is 7.13. The third-order valence-electron chi connectivity index (χ3n) is 1.76. The fraction of sp³-hybridized carbons (Fsp3) is 0.200. The van der Waals surface area contributed by atoms with Crippen molar-refractivity contribution >= 4 is 15.9 Å². The van der Waals surface area contributed by atoms with Crippen molar-refractivity contribution in [3.05, 3.63) is 46.2 Å². The minimum absolute atomic E-state index is 0.270. The summed E-state index contributed by atoms with van der Waals surface area (Å²) < 4.78 is 13.2. The van der Waals surface area contributed by atoms with E-state index < -0.39 is 0 Å². The highest BCUT2D eigenvalue weighted by Crippen LogP contribution is 2.13. The standard InChI is InChI=1S/C10H11BrFN/c11-10-3-1-8(2-4-10)5-9(6-12)7-13/h1-4,6H,5,7,13H2/b9-6+. The van der Waals surface area contributed by atoms with Gasteiger partial charge >= 0.3 is 0 Å². The van der Waals surface area contributed by atoms with Crippen LogP contribution in [0.4, 0.5) is 4.39 Å². The molecular formula is C10H11BrFN. The second-order valence-corrected chi connectivity index (χ2v) is 3.69. The van der Waals surface area contributed by atoms with Crippen LogP contribution in [-0.4, -0.2) is 6.54 Å². The summed E-state index contributed by atoms with van der Waals surface area (Å²) in [4.78, 5) is 0. The Morgan fingerprint density at radius 3 is 2.46 bits per heavy atom. The first kappa shape index (κ1) is 10.4. The van der Waals surface area contributed by atoms with Crippen LogP contribution in [0.1, 0.15) is 5.56 Å². The maximum atomic E-state index is 12.2. The molecule has 0 atom stereocenters. The molecule has 0 heterocycles. The van der Waals surface area contributed by atoms with Gasteiger partial charge in [-0.25, -0.2) is 4.39 Å². The Morgan fingerprint density at radius 1 is 1.38 bits per heavy atom. The molecule has 0 amide bonds. The van der Waals surface area contributed by atoms with Crippen molar-refractivity contribution in [1.29, 1.82) is 0 Å². The number of hydrogen-bond acceptors (Lipinski definition) is 1. The summed E-state index contributed by atoms with van der Waals surface area (Å²) in [6, 6.07) is 7.76. The van der Waals surface area contributed by atoms with Gasteiger partial charge in [-0.05, 0) is 29.7 Å². The lowest BCUT2D eigenvalue weighted by Crippen LogP contribution is -2.05. The fourth-order valence-electron chi connectivity index (χ4n) is 1.02. The van der Waals surface area contributed by atoms with Gasteiger partial charge < -0.3 is 5.73 Å². The molecule has 0 aromatic heterocycles. The summed E-state index contributed by atoms with van der Waals surface area (Å²) >= 11 is 3.33. The van der Waals surface area contributed by atoms with Gasteiger partial charge in [0, 0.05) is 11.0 Å². The first-order valence-electron chi connectivity index (χ1n) is 3.99. The molecular weight excluding hydrogens is 233 g/mol. The molecule has 0 radical (unpaired) electrons. The number of hydrogen-bond donors (Lipinski definition) is 1. The lowest BCUT2D eigenvalue weighted by molar-refractivity contribution is 0.699. The van der Waals surface area contributed by atoms with Gasteiger partial charge in [0.05, 0.1) is 6.33 Å². The van der Waals surface area contributed by atoms with Crippen molar-refractivity contribution in [2.45, 2.75) is 6.42 Å². The fourth-order valence-corrected chi connectivity index (χ4v) is 1.28. The van der Waals surface area contributed by atoms with Crippen molar-refractivity contribution in [1.82, 2.24) is 0 Å². The van der Waals surface area contributed by atoms with E-state index in [1.165, 1.54) is 0 Å². The highest BCUT2D eigenvalue weighted by molar-refractivity contribution is 9.10. The highest BCUT2D eigenvalue weighted by atomic mass is 79.9. The zero-order chi connectivity index (χ0) is 9.68. The van der Waals surface area contributed by atoms with Gasteiger partial charge in [-0.15, -0.1) is 0 Å². The molecule has 2 N–H and O–H groups in total. The Balaban J connectivity index is 2.69. The van der Waals surface area contributed by atoms with E-state index in [2.05, 4.69) is 15.9 Å². The average Bonchev–Trinajstić information content (AvgIpc) is 2.17. The van der Waals surface area contributed by atoms with Crippen molar-refractivity contribution in [2.24, 2.45) is 5.73 Å². The second-order valence-electron chi connectivity index (χ2n) is 2.77. The molecule has 0 unspecified atom stereocenters. The number of rotatable bonds is 3. The van der Waals surface area contributed by atoms with Crippen LogP contribution in [0.15, 0.2) is 40.6 Å². The molecule has 0 aliphatic rings. The van der Waals surface area contributed by atoms with E-state index in [1.807, 2.05) is 24.3 Å². The maximum Gasteiger partial charge on any atom is 0.0875 e. The summed E-state index contributed by atoms with van der Waals surface area (Å²) in [7, 11) is 0. The first-order valence-corrected chi connectivity index (χ1v) is 4.78. The van der Waals surface area contributed by atoms with Gasteiger partial charge in [0.1, 0.15) is 0 Å². The van der Waals surface area contributed by atoms with E-state index in [9.17, 15) is 4.39 Å². The number of nitrogens with two attached hydrogens (primary N) is 1. The minimum Gasteiger partial charge on any atom is -0.327 e. The molecule has 0 fully saturated rings. The van der Waals surface area contributed by atoms with Gasteiger partial charge in [0.15, 0.2) is 0 Å².